The number of hydrogen-bond acceptors (Lipinski definition) is 1. The standard InChI is InChI=1S/C43H41N7Si/c1-29-25-27-45(5)41(29)47-28-26-35(31(47)3)46(6)43(44-4)49-38-24-16-15-23-37(38)48-40-34-21-13-14-22-36(34)50(39(40)30(2)42(48)49)51(32-17-9-7-10-18-32)33-19-11-8-12-20-33/h7-28,51H,1-6H3/b44-43-. The molecule has 5 heterocycles. The molecule has 0 aliphatic carbocycles. The van der Waals surface area contributed by atoms with Crippen molar-refractivity contribution >= 4 is 69.6 Å². The Morgan fingerprint density at radius 1 is 0.667 bits per heavy atom. The van der Waals surface area contributed by atoms with Crippen LogP contribution in [0.15, 0.2) is 139 Å². The fourth-order valence-corrected chi connectivity index (χ4v) is 11.7. The molecule has 4 aromatic carbocycles. The summed E-state index contributed by atoms with van der Waals surface area (Å²) < 4.78 is 12.0. The fraction of sp³-hybridized carbons (Fsp3) is 0.140. The molecule has 0 aliphatic heterocycles. The van der Waals surface area contributed by atoms with Crippen LogP contribution < -0.4 is 15.3 Å². The number of nitrogens with zero attached hydrogens (tertiary/aromatic N) is 7. The lowest BCUT2D eigenvalue weighted by atomic mass is 10.2. The molecule has 0 bridgehead atoms. The summed E-state index contributed by atoms with van der Waals surface area (Å²) in [4.78, 5) is 7.29. The quantitative estimate of drug-likeness (QED) is 0.106. The third kappa shape index (κ3) is 4.46. The van der Waals surface area contributed by atoms with E-state index in [9.17, 15) is 0 Å². The van der Waals surface area contributed by atoms with Gasteiger partial charge in [0.05, 0.1) is 27.8 Å². The van der Waals surface area contributed by atoms with Gasteiger partial charge in [-0.1, -0.05) is 91.0 Å². The Kier molecular flexibility index (Phi) is 7.19. The van der Waals surface area contributed by atoms with E-state index in [2.05, 4.69) is 196 Å². The van der Waals surface area contributed by atoms with Gasteiger partial charge >= 0.3 is 0 Å². The van der Waals surface area contributed by atoms with Crippen molar-refractivity contribution in [3.05, 3.63) is 151 Å². The molecule has 0 atom stereocenters. The molecular formula is C43H41N7Si. The molecule has 0 N–H and O–H groups in total. The maximum atomic E-state index is 5.05. The highest BCUT2D eigenvalue weighted by atomic mass is 28.3. The van der Waals surface area contributed by atoms with Crippen LogP contribution in [0.1, 0.15) is 16.8 Å². The van der Waals surface area contributed by atoms with E-state index in [0.717, 1.165) is 34.0 Å². The summed E-state index contributed by atoms with van der Waals surface area (Å²) in [6.07, 6.45) is 4.29. The normalized spacial score (nSPS) is 12.4. The van der Waals surface area contributed by atoms with Gasteiger partial charge in [0.1, 0.15) is 11.5 Å². The van der Waals surface area contributed by atoms with Crippen molar-refractivity contribution in [2.24, 2.45) is 12.0 Å². The predicted octanol–water partition coefficient (Wildman–Crippen LogP) is 7.41. The maximum absolute atomic E-state index is 5.05. The molecule has 0 amide bonds. The van der Waals surface area contributed by atoms with Gasteiger partial charge in [-0.3, -0.25) is 14.0 Å². The summed E-state index contributed by atoms with van der Waals surface area (Å²) in [7, 11) is 4.16. The van der Waals surface area contributed by atoms with Crippen molar-refractivity contribution in [2.75, 3.05) is 19.0 Å². The van der Waals surface area contributed by atoms with Crippen LogP contribution in [0.3, 0.4) is 0 Å². The number of hydrogen-bond donors (Lipinski definition) is 0. The minimum Gasteiger partial charge on any atom is -0.360 e. The van der Waals surface area contributed by atoms with E-state index in [4.69, 9.17) is 4.99 Å². The number of benzene rings is 4. The summed E-state index contributed by atoms with van der Waals surface area (Å²) in [6, 6.07) is 44.3. The first-order chi connectivity index (χ1) is 24.9. The Morgan fingerprint density at radius 3 is 1.90 bits per heavy atom. The van der Waals surface area contributed by atoms with E-state index in [-0.39, 0.29) is 0 Å². The minimum atomic E-state index is -1.99. The monoisotopic (exact) mass is 683 g/mol. The van der Waals surface area contributed by atoms with Crippen molar-refractivity contribution in [3.8, 4) is 5.82 Å². The Labute approximate surface area is 299 Å². The van der Waals surface area contributed by atoms with Crippen molar-refractivity contribution in [3.63, 3.8) is 0 Å². The molecule has 0 radical (unpaired) electrons. The highest BCUT2D eigenvalue weighted by molar-refractivity contribution is 6.85. The summed E-state index contributed by atoms with van der Waals surface area (Å²) in [5.74, 6) is 2.04. The third-order valence-corrected chi connectivity index (χ3v) is 13.8. The van der Waals surface area contributed by atoms with E-state index in [0.29, 0.717) is 0 Å². The van der Waals surface area contributed by atoms with Crippen LogP contribution in [0.25, 0.3) is 44.4 Å². The molecule has 8 heteroatoms. The number of anilines is 1. The second-order valence-corrected chi connectivity index (χ2v) is 16.2. The van der Waals surface area contributed by atoms with Crippen LogP contribution in [0.4, 0.5) is 5.69 Å². The number of aromatic nitrogens is 5. The molecule has 0 saturated heterocycles. The lowest BCUT2D eigenvalue weighted by Gasteiger charge is -2.24. The van der Waals surface area contributed by atoms with Gasteiger partial charge in [-0.05, 0) is 67.0 Å². The fourth-order valence-electron chi connectivity index (χ4n) is 8.50. The molecule has 252 valence electrons. The smallest absolute Gasteiger partial charge is 0.211 e. The minimum absolute atomic E-state index is 0.865. The summed E-state index contributed by atoms with van der Waals surface area (Å²) >= 11 is 0. The topological polar surface area (TPSA) is 39.7 Å². The summed E-state index contributed by atoms with van der Waals surface area (Å²) in [5.41, 5.74) is 12.0. The van der Waals surface area contributed by atoms with Gasteiger partial charge in [-0.2, -0.15) is 0 Å². The Balaban J connectivity index is 1.34. The van der Waals surface area contributed by atoms with Crippen LogP contribution in [0.5, 0.6) is 0 Å². The SMILES string of the molecule is C/N=C(/N(C)c1ccn(-c2c(C)ccn2C)c1C)n1c2ccccc2n2c3c4ccccc4n([SiH](c4ccccc4)c4ccccc4)c3c(C)c12. The van der Waals surface area contributed by atoms with Crippen LogP contribution in [-0.2, 0) is 7.05 Å². The van der Waals surface area contributed by atoms with Gasteiger partial charge in [-0.25, -0.2) is 0 Å². The number of rotatable bonds is 5. The molecule has 0 aliphatic rings. The lowest BCUT2D eigenvalue weighted by Crippen LogP contribution is -2.48. The van der Waals surface area contributed by atoms with Gasteiger partial charge < -0.3 is 18.3 Å². The number of imidazole rings is 1. The molecule has 7 nitrogen and oxygen atoms in total. The average Bonchev–Trinajstić information content (AvgIpc) is 3.94. The van der Waals surface area contributed by atoms with Gasteiger partial charge in [-0.15, -0.1) is 0 Å². The van der Waals surface area contributed by atoms with E-state index >= 15 is 0 Å². The van der Waals surface area contributed by atoms with Crippen LogP contribution in [-0.4, -0.2) is 51.3 Å². The van der Waals surface area contributed by atoms with Crippen LogP contribution in [0, 0.1) is 20.8 Å². The van der Waals surface area contributed by atoms with E-state index in [1.807, 2.05) is 7.05 Å². The van der Waals surface area contributed by atoms with Gasteiger partial charge in [0.15, 0.2) is 0 Å². The van der Waals surface area contributed by atoms with Crippen molar-refractivity contribution in [1.82, 2.24) is 22.3 Å². The summed E-state index contributed by atoms with van der Waals surface area (Å²) in [5, 5.41) is 4.04. The van der Waals surface area contributed by atoms with Gasteiger partial charge in [0.25, 0.3) is 0 Å². The molecule has 9 aromatic rings. The predicted molar refractivity (Wildman–Crippen MR) is 217 cm³/mol. The summed E-state index contributed by atoms with van der Waals surface area (Å²) in [6.45, 7) is 6.66. The number of para-hydroxylation sites is 3. The van der Waals surface area contributed by atoms with Crippen molar-refractivity contribution < 1.29 is 0 Å². The van der Waals surface area contributed by atoms with E-state index in [1.54, 1.807) is 0 Å². The maximum Gasteiger partial charge on any atom is 0.211 e. The largest absolute Gasteiger partial charge is 0.360 e. The molecule has 51 heavy (non-hydrogen) atoms. The second-order valence-electron chi connectivity index (χ2n) is 13.6. The molecule has 0 fully saturated rings. The molecule has 0 saturated carbocycles. The highest BCUT2D eigenvalue weighted by Gasteiger charge is 2.31. The molecular weight excluding hydrogens is 643 g/mol. The van der Waals surface area contributed by atoms with Gasteiger partial charge in [0, 0.05) is 55.7 Å². The van der Waals surface area contributed by atoms with E-state index < -0.39 is 8.96 Å². The Morgan fingerprint density at radius 2 is 1.27 bits per heavy atom. The van der Waals surface area contributed by atoms with Gasteiger partial charge in [0.2, 0.25) is 14.9 Å². The van der Waals surface area contributed by atoms with E-state index in [1.165, 1.54) is 49.3 Å². The molecule has 9 rings (SSSR count). The molecule has 0 unspecified atom stereocenters. The highest BCUT2D eigenvalue weighted by Crippen LogP contribution is 2.39. The molecule has 5 aromatic heterocycles. The first-order valence-corrected chi connectivity index (χ1v) is 19.2. The zero-order valence-corrected chi connectivity index (χ0v) is 31.1. The lowest BCUT2D eigenvalue weighted by molar-refractivity contribution is 0.826. The second kappa shape index (κ2) is 11.8. The third-order valence-electron chi connectivity index (χ3n) is 10.7. The number of aryl methyl sites for hydroxylation is 3. The first kappa shape index (κ1) is 31.0. The van der Waals surface area contributed by atoms with Crippen molar-refractivity contribution in [2.45, 2.75) is 20.8 Å². The van der Waals surface area contributed by atoms with Crippen LogP contribution >= 0.6 is 0 Å². The van der Waals surface area contributed by atoms with Crippen molar-refractivity contribution in [1.29, 1.82) is 0 Å². The zero-order valence-electron chi connectivity index (χ0n) is 29.9. The zero-order chi connectivity index (χ0) is 35.0. The Hall–Kier alpha value is -5.99. The van der Waals surface area contributed by atoms with Crippen LogP contribution in [0.2, 0.25) is 0 Å². The average molecular weight is 684 g/mol. The first-order valence-electron chi connectivity index (χ1n) is 17.5. The number of aliphatic imine (C=N–C) groups is 1. The molecule has 0 spiro atoms. The number of fused-ring (bicyclic) bond motifs is 7. The Bertz CT molecular complexity index is 2710.